The van der Waals surface area contributed by atoms with Gasteiger partial charge in [-0.25, -0.2) is 0 Å². The van der Waals surface area contributed by atoms with Crippen molar-refractivity contribution in [1.29, 1.82) is 0 Å². The van der Waals surface area contributed by atoms with Crippen molar-refractivity contribution in [2.24, 2.45) is 0 Å². The molecule has 0 saturated heterocycles. The highest BCUT2D eigenvalue weighted by atomic mass is 16.5. The Morgan fingerprint density at radius 1 is 1.00 bits per heavy atom. The van der Waals surface area contributed by atoms with Crippen LogP contribution in [0.5, 0.6) is 5.75 Å². The highest BCUT2D eigenvalue weighted by Crippen LogP contribution is 2.38. The first-order valence-electron chi connectivity index (χ1n) is 11.8. The lowest BCUT2D eigenvalue weighted by atomic mass is 9.98. The molecule has 0 bridgehead atoms. The molecule has 1 aliphatic heterocycles. The predicted molar refractivity (Wildman–Crippen MR) is 130 cm³/mol. The standard InChI is InChI=1S/C27H32N2O4/c1-4-5-6-9-18-32-20-14-12-19(13-15-20)24-23-25(30)21-10-7-8-11-22(21)33-26(23)27(31)29(24)17-16-28(2)3/h7-8,10-15,24H,4-6,9,16-18H2,1-3H3. The lowest BCUT2D eigenvalue weighted by Gasteiger charge is -2.26. The molecule has 3 aromatic rings. The molecular formula is C27H32N2O4. The summed E-state index contributed by atoms with van der Waals surface area (Å²) in [6.07, 6.45) is 4.62. The zero-order chi connectivity index (χ0) is 23.4. The van der Waals surface area contributed by atoms with Crippen LogP contribution in [0.3, 0.4) is 0 Å². The van der Waals surface area contributed by atoms with Gasteiger partial charge >= 0.3 is 0 Å². The van der Waals surface area contributed by atoms with Crippen molar-refractivity contribution in [1.82, 2.24) is 9.80 Å². The van der Waals surface area contributed by atoms with Crippen molar-refractivity contribution in [2.45, 2.75) is 38.6 Å². The van der Waals surface area contributed by atoms with Gasteiger partial charge in [-0.05, 0) is 50.3 Å². The van der Waals surface area contributed by atoms with E-state index < -0.39 is 6.04 Å². The second-order valence-electron chi connectivity index (χ2n) is 8.85. The molecule has 0 N–H and O–H groups in total. The Kier molecular flexibility index (Phi) is 7.14. The maximum absolute atomic E-state index is 13.5. The van der Waals surface area contributed by atoms with Gasteiger partial charge in [-0.2, -0.15) is 0 Å². The van der Waals surface area contributed by atoms with E-state index in [0.717, 1.165) is 17.7 Å². The number of ether oxygens (including phenoxy) is 1. The Balaban J connectivity index is 1.67. The number of carbonyl (C=O) groups is 1. The van der Waals surface area contributed by atoms with Crippen molar-refractivity contribution in [2.75, 3.05) is 33.8 Å². The second kappa shape index (κ2) is 10.2. The number of rotatable bonds is 10. The highest BCUT2D eigenvalue weighted by molar-refractivity contribution is 5.99. The number of hydrogen-bond donors (Lipinski definition) is 0. The zero-order valence-electron chi connectivity index (χ0n) is 19.7. The van der Waals surface area contributed by atoms with Crippen molar-refractivity contribution < 1.29 is 13.9 Å². The quantitative estimate of drug-likeness (QED) is 0.415. The largest absolute Gasteiger partial charge is 0.494 e. The van der Waals surface area contributed by atoms with Gasteiger partial charge in [0.05, 0.1) is 23.6 Å². The van der Waals surface area contributed by atoms with Crippen LogP contribution in [-0.4, -0.2) is 49.5 Å². The van der Waals surface area contributed by atoms with Gasteiger partial charge in [0.15, 0.2) is 5.43 Å². The van der Waals surface area contributed by atoms with Crippen molar-refractivity contribution in [3.05, 3.63) is 75.6 Å². The van der Waals surface area contributed by atoms with Crippen LogP contribution in [0.1, 0.15) is 60.3 Å². The van der Waals surface area contributed by atoms with Crippen molar-refractivity contribution >= 4 is 16.9 Å². The van der Waals surface area contributed by atoms with Crippen LogP contribution in [0.15, 0.2) is 57.7 Å². The van der Waals surface area contributed by atoms with Crippen molar-refractivity contribution in [3.8, 4) is 5.75 Å². The Hall–Kier alpha value is -3.12. The number of nitrogens with zero attached hydrogens (tertiary/aromatic N) is 2. The Morgan fingerprint density at radius 2 is 1.76 bits per heavy atom. The monoisotopic (exact) mass is 448 g/mol. The van der Waals surface area contributed by atoms with Gasteiger partial charge in [0, 0.05) is 13.1 Å². The van der Waals surface area contributed by atoms with Crippen LogP contribution < -0.4 is 10.2 Å². The third-order valence-corrected chi connectivity index (χ3v) is 6.12. The molecule has 1 unspecified atom stereocenters. The molecule has 4 rings (SSSR count). The smallest absolute Gasteiger partial charge is 0.290 e. The molecular weight excluding hydrogens is 416 g/mol. The summed E-state index contributed by atoms with van der Waals surface area (Å²) in [6, 6.07) is 14.4. The number of hydrogen-bond acceptors (Lipinski definition) is 5. The summed E-state index contributed by atoms with van der Waals surface area (Å²) < 4.78 is 11.8. The molecule has 1 aliphatic rings. The van der Waals surface area contributed by atoms with Gasteiger partial charge < -0.3 is 19.0 Å². The lowest BCUT2D eigenvalue weighted by molar-refractivity contribution is 0.0716. The average Bonchev–Trinajstić information content (AvgIpc) is 3.10. The first-order valence-corrected chi connectivity index (χ1v) is 11.8. The van der Waals surface area contributed by atoms with Crippen LogP contribution >= 0.6 is 0 Å². The maximum Gasteiger partial charge on any atom is 0.290 e. The number of amides is 1. The van der Waals surface area contributed by atoms with E-state index in [4.69, 9.17) is 9.15 Å². The van der Waals surface area contributed by atoms with Crippen molar-refractivity contribution in [3.63, 3.8) is 0 Å². The summed E-state index contributed by atoms with van der Waals surface area (Å²) in [5.74, 6) is 0.708. The number of unbranched alkanes of at least 4 members (excludes halogenated alkanes) is 3. The fraction of sp³-hybridized carbons (Fsp3) is 0.407. The third-order valence-electron chi connectivity index (χ3n) is 6.12. The van der Waals surface area contributed by atoms with Crippen LogP contribution in [0.2, 0.25) is 0 Å². The molecule has 33 heavy (non-hydrogen) atoms. The van der Waals surface area contributed by atoms with E-state index in [9.17, 15) is 9.59 Å². The van der Waals surface area contributed by atoms with Crippen LogP contribution in [0, 0.1) is 0 Å². The van der Waals surface area contributed by atoms with Gasteiger partial charge in [0.25, 0.3) is 5.91 Å². The van der Waals surface area contributed by atoms with E-state index in [1.807, 2.05) is 49.3 Å². The molecule has 174 valence electrons. The molecule has 0 radical (unpaired) electrons. The molecule has 6 nitrogen and oxygen atoms in total. The Bertz CT molecular complexity index is 1170. The summed E-state index contributed by atoms with van der Waals surface area (Å²) in [6.45, 7) is 4.06. The van der Waals surface area contributed by atoms with Gasteiger partial charge in [-0.15, -0.1) is 0 Å². The first-order chi connectivity index (χ1) is 16.0. The summed E-state index contributed by atoms with van der Waals surface area (Å²) in [5, 5.41) is 0.496. The van der Waals surface area contributed by atoms with Gasteiger partial charge in [0.2, 0.25) is 5.76 Å². The molecule has 0 saturated carbocycles. The maximum atomic E-state index is 13.5. The topological polar surface area (TPSA) is 63.0 Å². The molecule has 6 heteroatoms. The van der Waals surface area contributed by atoms with Crippen LogP contribution in [0.4, 0.5) is 0 Å². The molecule has 2 heterocycles. The first kappa shape index (κ1) is 23.1. The lowest BCUT2D eigenvalue weighted by Crippen LogP contribution is -2.35. The van der Waals surface area contributed by atoms with E-state index >= 15 is 0 Å². The van der Waals surface area contributed by atoms with Gasteiger partial charge in [0.1, 0.15) is 11.3 Å². The van der Waals surface area contributed by atoms with E-state index in [-0.39, 0.29) is 17.1 Å². The predicted octanol–water partition coefficient (Wildman–Crippen LogP) is 4.86. The fourth-order valence-corrected chi connectivity index (χ4v) is 4.32. The molecule has 1 atom stereocenters. The van der Waals surface area contributed by atoms with Gasteiger partial charge in [-0.3, -0.25) is 9.59 Å². The van der Waals surface area contributed by atoms with Crippen LogP contribution in [-0.2, 0) is 0 Å². The summed E-state index contributed by atoms with van der Waals surface area (Å²) in [4.78, 5) is 30.6. The van der Waals surface area contributed by atoms with Gasteiger partial charge in [-0.1, -0.05) is 50.5 Å². The number of fused-ring (bicyclic) bond motifs is 2. The molecule has 0 fully saturated rings. The molecule has 1 amide bonds. The van der Waals surface area contributed by atoms with E-state index in [1.165, 1.54) is 19.3 Å². The number of benzene rings is 2. The number of carbonyl (C=O) groups excluding carboxylic acids is 1. The average molecular weight is 449 g/mol. The second-order valence-corrected chi connectivity index (χ2v) is 8.85. The number of likely N-dealkylation sites (N-methyl/N-ethyl adjacent to an activating group) is 1. The summed E-state index contributed by atoms with van der Waals surface area (Å²) >= 11 is 0. The van der Waals surface area contributed by atoms with E-state index in [1.54, 1.807) is 23.1 Å². The number of para-hydroxylation sites is 1. The molecule has 2 aromatic carbocycles. The molecule has 1 aromatic heterocycles. The summed E-state index contributed by atoms with van der Waals surface area (Å²) in [7, 11) is 3.93. The highest BCUT2D eigenvalue weighted by Gasteiger charge is 2.42. The summed E-state index contributed by atoms with van der Waals surface area (Å²) in [5.41, 5.74) is 1.59. The normalized spacial score (nSPS) is 15.5. The third kappa shape index (κ3) is 4.81. The minimum absolute atomic E-state index is 0.145. The minimum atomic E-state index is -0.480. The molecule has 0 spiro atoms. The zero-order valence-corrected chi connectivity index (χ0v) is 19.7. The molecule has 0 aliphatic carbocycles. The Labute approximate surface area is 194 Å². The fourth-order valence-electron chi connectivity index (χ4n) is 4.32. The minimum Gasteiger partial charge on any atom is -0.494 e. The van der Waals surface area contributed by atoms with E-state index in [0.29, 0.717) is 36.2 Å². The van der Waals surface area contributed by atoms with Crippen LogP contribution in [0.25, 0.3) is 11.0 Å². The Morgan fingerprint density at radius 3 is 2.48 bits per heavy atom. The van der Waals surface area contributed by atoms with E-state index in [2.05, 4.69) is 6.92 Å². The SMILES string of the molecule is CCCCCCOc1ccc(C2c3c(oc4ccccc4c3=O)C(=O)N2CCN(C)C)cc1.